The monoisotopic (exact) mass is 263 g/mol. The number of fused-ring (bicyclic) bond motifs is 1. The van der Waals surface area contributed by atoms with Crippen molar-refractivity contribution in [2.75, 3.05) is 24.5 Å². The van der Waals surface area contributed by atoms with Crippen LogP contribution in [0.5, 0.6) is 0 Å². The molecule has 1 aromatic carbocycles. The Hall–Kier alpha value is -1.46. The van der Waals surface area contributed by atoms with Crippen LogP contribution in [-0.4, -0.2) is 37.6 Å². The van der Waals surface area contributed by atoms with Gasteiger partial charge in [-0.2, -0.15) is 0 Å². The number of carbonyl (C=O) groups excluding carboxylic acids is 1. The first-order valence-electron chi connectivity index (χ1n) is 6.72. The Bertz CT molecular complexity index is 497. The highest BCUT2D eigenvalue weighted by Gasteiger charge is 2.32. The van der Waals surface area contributed by atoms with Gasteiger partial charge < -0.3 is 15.5 Å². The van der Waals surface area contributed by atoms with Gasteiger partial charge in [0, 0.05) is 31.4 Å². The molecule has 0 spiro atoms. The molecule has 102 valence electrons. The number of piperazine rings is 1. The molecule has 1 saturated heterocycles. The minimum Gasteiger partial charge on any atom is -0.311 e. The molecule has 1 fully saturated rings. The zero-order chi connectivity index (χ0) is 13.4. The molecule has 0 saturated carbocycles. The highest BCUT2D eigenvalue weighted by molar-refractivity contribution is 5.99. The number of benzene rings is 1. The van der Waals surface area contributed by atoms with E-state index in [0.717, 1.165) is 24.2 Å². The Morgan fingerprint density at radius 1 is 1.37 bits per heavy atom. The molecule has 0 aromatic heterocycles. The minimum absolute atomic E-state index is 0.0313. The van der Waals surface area contributed by atoms with Crippen molar-refractivity contribution in [2.24, 2.45) is 0 Å². The minimum atomic E-state index is -0.290. The van der Waals surface area contributed by atoms with Gasteiger partial charge >= 0.3 is 0 Å². The Balaban J connectivity index is 1.78. The van der Waals surface area contributed by atoms with Gasteiger partial charge in [0.15, 0.2) is 0 Å². The second-order valence-electron chi connectivity index (χ2n) is 5.28. The molecular weight excluding hydrogens is 245 g/mol. The predicted molar refractivity (Wildman–Crippen MR) is 71.7 cm³/mol. The molecule has 5 heteroatoms. The lowest BCUT2D eigenvalue weighted by Gasteiger charge is -2.31. The molecule has 2 unspecified atom stereocenters. The van der Waals surface area contributed by atoms with Crippen LogP contribution in [0.4, 0.5) is 10.1 Å². The smallest absolute Gasteiger partial charge is 0.245 e. The molecule has 1 amide bonds. The van der Waals surface area contributed by atoms with Crippen LogP contribution in [0.15, 0.2) is 18.2 Å². The lowest BCUT2D eigenvalue weighted by atomic mass is 10.1. The quantitative estimate of drug-likeness (QED) is 0.782. The van der Waals surface area contributed by atoms with Crippen LogP contribution in [0.1, 0.15) is 12.5 Å². The Morgan fingerprint density at radius 3 is 2.95 bits per heavy atom. The van der Waals surface area contributed by atoms with Gasteiger partial charge in [0.25, 0.3) is 0 Å². The highest BCUT2D eigenvalue weighted by Crippen LogP contribution is 2.29. The molecule has 1 aromatic rings. The molecule has 2 atom stereocenters. The summed E-state index contributed by atoms with van der Waals surface area (Å²) < 4.78 is 13.3. The van der Waals surface area contributed by atoms with Gasteiger partial charge in [-0.15, -0.1) is 0 Å². The summed E-state index contributed by atoms with van der Waals surface area (Å²) in [5.41, 5.74) is 1.78. The Labute approximate surface area is 112 Å². The van der Waals surface area contributed by atoms with Crippen molar-refractivity contribution in [3.05, 3.63) is 29.6 Å². The van der Waals surface area contributed by atoms with Gasteiger partial charge in [-0.3, -0.25) is 4.79 Å². The van der Waals surface area contributed by atoms with Gasteiger partial charge in [0.05, 0.1) is 6.04 Å². The summed E-state index contributed by atoms with van der Waals surface area (Å²) in [4.78, 5) is 14.2. The number of nitrogens with one attached hydrogen (secondary N) is 2. The largest absolute Gasteiger partial charge is 0.311 e. The van der Waals surface area contributed by atoms with Gasteiger partial charge in [-0.1, -0.05) is 6.07 Å². The summed E-state index contributed by atoms with van der Waals surface area (Å²) in [6, 6.07) is 4.85. The topological polar surface area (TPSA) is 44.4 Å². The zero-order valence-electron chi connectivity index (χ0n) is 10.9. The maximum absolute atomic E-state index is 13.3. The van der Waals surface area contributed by atoms with Gasteiger partial charge in [0.1, 0.15) is 5.82 Å². The molecule has 2 aliphatic heterocycles. The third kappa shape index (κ3) is 2.35. The Kier molecular flexibility index (Phi) is 3.24. The summed E-state index contributed by atoms with van der Waals surface area (Å²) >= 11 is 0. The van der Waals surface area contributed by atoms with E-state index in [4.69, 9.17) is 0 Å². The van der Waals surface area contributed by atoms with Crippen molar-refractivity contribution in [3.63, 3.8) is 0 Å². The SMILES string of the molecule is CC1CNC(C(=O)N2CCc3ccc(F)cc32)CN1. The fraction of sp³-hybridized carbons (Fsp3) is 0.500. The highest BCUT2D eigenvalue weighted by atomic mass is 19.1. The molecule has 0 aliphatic carbocycles. The van der Waals surface area contributed by atoms with E-state index in [9.17, 15) is 9.18 Å². The number of halogens is 1. The summed E-state index contributed by atoms with van der Waals surface area (Å²) in [6.07, 6.45) is 0.803. The first kappa shape index (κ1) is 12.6. The second kappa shape index (κ2) is 4.90. The van der Waals surface area contributed by atoms with Crippen LogP contribution in [0.25, 0.3) is 0 Å². The average Bonchev–Trinajstić information content (AvgIpc) is 2.81. The van der Waals surface area contributed by atoms with Gasteiger partial charge in [-0.05, 0) is 31.0 Å². The molecular formula is C14H18FN3O. The fourth-order valence-corrected chi connectivity index (χ4v) is 2.73. The van der Waals surface area contributed by atoms with Crippen molar-refractivity contribution in [1.29, 1.82) is 0 Å². The normalized spacial score (nSPS) is 26.3. The third-order valence-corrected chi connectivity index (χ3v) is 3.85. The van der Waals surface area contributed by atoms with E-state index in [-0.39, 0.29) is 17.8 Å². The fourth-order valence-electron chi connectivity index (χ4n) is 2.73. The molecule has 2 heterocycles. The van der Waals surface area contributed by atoms with E-state index in [0.29, 0.717) is 19.1 Å². The molecule has 2 aliphatic rings. The van der Waals surface area contributed by atoms with E-state index < -0.39 is 0 Å². The van der Waals surface area contributed by atoms with Crippen molar-refractivity contribution in [1.82, 2.24) is 10.6 Å². The summed E-state index contributed by atoms with van der Waals surface area (Å²) in [7, 11) is 0. The number of carbonyl (C=O) groups is 1. The second-order valence-corrected chi connectivity index (χ2v) is 5.28. The maximum atomic E-state index is 13.3. The number of amides is 1. The van der Waals surface area contributed by atoms with Gasteiger partial charge in [0.2, 0.25) is 5.91 Å². The molecule has 3 rings (SSSR count). The Morgan fingerprint density at radius 2 is 2.21 bits per heavy atom. The average molecular weight is 263 g/mol. The van der Waals surface area contributed by atoms with Crippen LogP contribution >= 0.6 is 0 Å². The van der Waals surface area contributed by atoms with E-state index in [1.807, 2.05) is 0 Å². The third-order valence-electron chi connectivity index (χ3n) is 3.85. The van der Waals surface area contributed by atoms with Crippen LogP contribution in [-0.2, 0) is 11.2 Å². The number of anilines is 1. The maximum Gasteiger partial charge on any atom is 0.245 e. The van der Waals surface area contributed by atoms with Crippen molar-refractivity contribution >= 4 is 11.6 Å². The molecule has 4 nitrogen and oxygen atoms in total. The van der Waals surface area contributed by atoms with E-state index in [1.54, 1.807) is 11.0 Å². The van der Waals surface area contributed by atoms with Crippen LogP contribution in [0.2, 0.25) is 0 Å². The van der Waals surface area contributed by atoms with E-state index in [2.05, 4.69) is 17.6 Å². The number of nitrogens with zero attached hydrogens (tertiary/aromatic N) is 1. The van der Waals surface area contributed by atoms with Crippen LogP contribution < -0.4 is 15.5 Å². The van der Waals surface area contributed by atoms with Crippen LogP contribution in [0, 0.1) is 5.82 Å². The lowest BCUT2D eigenvalue weighted by Crippen LogP contribution is -2.59. The summed E-state index contributed by atoms with van der Waals surface area (Å²) in [5.74, 6) is -0.259. The summed E-state index contributed by atoms with van der Waals surface area (Å²) in [6.45, 7) is 4.13. The lowest BCUT2D eigenvalue weighted by molar-refractivity contribution is -0.120. The van der Waals surface area contributed by atoms with E-state index in [1.165, 1.54) is 12.1 Å². The first-order valence-corrected chi connectivity index (χ1v) is 6.72. The number of hydrogen-bond acceptors (Lipinski definition) is 3. The van der Waals surface area contributed by atoms with Crippen LogP contribution in [0.3, 0.4) is 0 Å². The molecule has 2 N–H and O–H groups in total. The number of hydrogen-bond donors (Lipinski definition) is 2. The zero-order valence-corrected chi connectivity index (χ0v) is 10.9. The van der Waals surface area contributed by atoms with Crippen molar-refractivity contribution in [2.45, 2.75) is 25.4 Å². The first-order chi connectivity index (χ1) is 9.15. The van der Waals surface area contributed by atoms with Crippen molar-refractivity contribution < 1.29 is 9.18 Å². The van der Waals surface area contributed by atoms with E-state index >= 15 is 0 Å². The summed E-state index contributed by atoms with van der Waals surface area (Å²) in [5, 5.41) is 6.53. The number of rotatable bonds is 1. The van der Waals surface area contributed by atoms with Gasteiger partial charge in [-0.25, -0.2) is 4.39 Å². The molecule has 0 bridgehead atoms. The predicted octanol–water partition coefficient (Wildman–Crippen LogP) is 0.665. The molecule has 19 heavy (non-hydrogen) atoms. The van der Waals surface area contributed by atoms with Crippen molar-refractivity contribution in [3.8, 4) is 0 Å². The molecule has 0 radical (unpaired) electrons. The standard InChI is InChI=1S/C14H18FN3O/c1-9-7-17-12(8-16-9)14(19)18-5-4-10-2-3-11(15)6-13(10)18/h2-3,6,9,12,16-17H,4-5,7-8H2,1H3.